The Morgan fingerprint density at radius 2 is 1.92 bits per heavy atom. The van der Waals surface area contributed by atoms with Crippen LogP contribution in [0.3, 0.4) is 0 Å². The first-order chi connectivity index (χ1) is 12.1. The van der Waals surface area contributed by atoms with Crippen molar-refractivity contribution in [1.29, 1.82) is 0 Å². The van der Waals surface area contributed by atoms with Crippen LogP contribution in [0, 0.1) is 5.41 Å². The van der Waals surface area contributed by atoms with Crippen molar-refractivity contribution in [2.24, 2.45) is 5.41 Å². The standard InChI is InChI=1S/C20H26FN3S/c1-3-6-17(13-16(2)21)25-19-15-22-18(14-23-19)24-11-9-20(10-12-24)7-4-5-8-20/h3,6,13-15H,1,4-5,7-12H2,2H3/b16-13+,17-6+. The number of anilines is 1. The normalized spacial score (nSPS) is 21.0. The molecule has 0 radical (unpaired) electrons. The SMILES string of the molecule is C=C/C=C(\C=C(/C)F)Sc1cnc(N2CCC3(CCCC3)CC2)cn1. The molecule has 5 heteroatoms. The van der Waals surface area contributed by atoms with Crippen LogP contribution in [0.25, 0.3) is 0 Å². The summed E-state index contributed by atoms with van der Waals surface area (Å²) in [7, 11) is 0. The van der Waals surface area contributed by atoms with Crippen molar-refractivity contribution < 1.29 is 4.39 Å². The summed E-state index contributed by atoms with van der Waals surface area (Å²) in [6.45, 7) is 7.25. The minimum absolute atomic E-state index is 0.237. The summed E-state index contributed by atoms with van der Waals surface area (Å²) < 4.78 is 13.1. The molecule has 1 saturated carbocycles. The Labute approximate surface area is 154 Å². The number of allylic oxidation sites excluding steroid dienone is 4. The van der Waals surface area contributed by atoms with E-state index in [9.17, 15) is 4.39 Å². The molecule has 0 unspecified atom stereocenters. The van der Waals surface area contributed by atoms with Crippen molar-refractivity contribution in [3.63, 3.8) is 0 Å². The van der Waals surface area contributed by atoms with Crippen molar-refractivity contribution >= 4 is 17.6 Å². The van der Waals surface area contributed by atoms with Gasteiger partial charge in [0.1, 0.15) is 10.8 Å². The van der Waals surface area contributed by atoms with Crippen molar-refractivity contribution in [3.8, 4) is 0 Å². The molecule has 25 heavy (non-hydrogen) atoms. The summed E-state index contributed by atoms with van der Waals surface area (Å²) in [6.07, 6.45) is 16.7. The number of piperidine rings is 1. The molecular weight excluding hydrogens is 333 g/mol. The van der Waals surface area contributed by atoms with Crippen LogP contribution in [-0.4, -0.2) is 23.1 Å². The quantitative estimate of drug-likeness (QED) is 0.500. The Kier molecular flexibility index (Phi) is 5.94. The molecule has 1 saturated heterocycles. The van der Waals surface area contributed by atoms with Crippen LogP contribution in [0.2, 0.25) is 0 Å². The van der Waals surface area contributed by atoms with Crippen LogP contribution in [0.5, 0.6) is 0 Å². The minimum atomic E-state index is -0.237. The lowest BCUT2D eigenvalue weighted by molar-refractivity contribution is 0.226. The third-order valence-electron chi connectivity index (χ3n) is 5.27. The van der Waals surface area contributed by atoms with Gasteiger partial charge in [-0.25, -0.2) is 14.4 Å². The van der Waals surface area contributed by atoms with Gasteiger partial charge < -0.3 is 4.90 Å². The smallest absolute Gasteiger partial charge is 0.147 e. The van der Waals surface area contributed by atoms with Crippen LogP contribution in [0.1, 0.15) is 45.4 Å². The summed E-state index contributed by atoms with van der Waals surface area (Å²) in [6, 6.07) is 0. The second kappa shape index (κ2) is 8.17. The average molecular weight is 360 g/mol. The largest absolute Gasteiger partial charge is 0.355 e. The first-order valence-electron chi connectivity index (χ1n) is 9.02. The molecule has 0 aromatic carbocycles. The van der Waals surface area contributed by atoms with Gasteiger partial charge in [-0.2, -0.15) is 0 Å². The van der Waals surface area contributed by atoms with Gasteiger partial charge in [-0.05, 0) is 50.2 Å². The van der Waals surface area contributed by atoms with Gasteiger partial charge in [0.05, 0.1) is 18.2 Å². The van der Waals surface area contributed by atoms with Gasteiger partial charge in [-0.15, -0.1) is 0 Å². The first kappa shape index (κ1) is 18.2. The van der Waals surface area contributed by atoms with Crippen molar-refractivity contribution in [2.45, 2.75) is 50.5 Å². The highest BCUT2D eigenvalue weighted by atomic mass is 32.2. The van der Waals surface area contributed by atoms with E-state index in [2.05, 4.69) is 21.4 Å². The summed E-state index contributed by atoms with van der Waals surface area (Å²) >= 11 is 1.39. The fourth-order valence-electron chi connectivity index (χ4n) is 3.91. The van der Waals surface area contributed by atoms with E-state index in [0.29, 0.717) is 5.41 Å². The van der Waals surface area contributed by atoms with Gasteiger partial charge in [0.15, 0.2) is 0 Å². The zero-order valence-corrected chi connectivity index (χ0v) is 15.7. The molecule has 1 aromatic heterocycles. The van der Waals surface area contributed by atoms with Gasteiger partial charge in [-0.3, -0.25) is 0 Å². The van der Waals surface area contributed by atoms with Crippen LogP contribution in [0.4, 0.5) is 10.2 Å². The molecular formula is C20H26FN3S. The number of aromatic nitrogens is 2. The Bertz CT molecular complexity index is 646. The molecule has 0 bridgehead atoms. The fourth-order valence-corrected chi connectivity index (χ4v) is 4.74. The zero-order valence-electron chi connectivity index (χ0n) is 14.9. The Balaban J connectivity index is 1.61. The molecule has 2 heterocycles. The number of thioether (sulfide) groups is 1. The highest BCUT2D eigenvalue weighted by molar-refractivity contribution is 8.03. The summed E-state index contributed by atoms with van der Waals surface area (Å²) in [5.74, 6) is 0.711. The summed E-state index contributed by atoms with van der Waals surface area (Å²) in [4.78, 5) is 12.2. The number of rotatable bonds is 5. The van der Waals surface area contributed by atoms with E-state index in [0.717, 1.165) is 28.8 Å². The molecule has 1 aromatic rings. The van der Waals surface area contributed by atoms with E-state index >= 15 is 0 Å². The lowest BCUT2D eigenvalue weighted by Crippen LogP contribution is -2.39. The maximum absolute atomic E-state index is 13.1. The average Bonchev–Trinajstić information content (AvgIpc) is 3.04. The molecule has 134 valence electrons. The second-order valence-corrected chi connectivity index (χ2v) is 8.14. The molecule has 0 atom stereocenters. The Morgan fingerprint density at radius 3 is 2.48 bits per heavy atom. The lowest BCUT2D eigenvalue weighted by Gasteiger charge is -2.39. The molecule has 1 aliphatic carbocycles. The Morgan fingerprint density at radius 1 is 1.20 bits per heavy atom. The van der Waals surface area contributed by atoms with Crippen molar-refractivity contribution in [1.82, 2.24) is 9.97 Å². The maximum Gasteiger partial charge on any atom is 0.147 e. The third-order valence-corrected chi connectivity index (χ3v) is 6.18. The van der Waals surface area contributed by atoms with Gasteiger partial charge in [0.2, 0.25) is 0 Å². The predicted molar refractivity (Wildman–Crippen MR) is 103 cm³/mol. The van der Waals surface area contributed by atoms with Crippen LogP contribution in [0.15, 0.2) is 53.0 Å². The third kappa shape index (κ3) is 4.72. The monoisotopic (exact) mass is 359 g/mol. The zero-order chi connectivity index (χ0) is 17.7. The second-order valence-electron chi connectivity index (χ2n) is 7.04. The molecule has 3 rings (SSSR count). The van der Waals surface area contributed by atoms with E-state index in [-0.39, 0.29) is 5.83 Å². The molecule has 1 aliphatic heterocycles. The number of hydrogen-bond acceptors (Lipinski definition) is 4. The summed E-state index contributed by atoms with van der Waals surface area (Å²) in [5, 5.41) is 0.763. The van der Waals surface area contributed by atoms with E-state index in [4.69, 9.17) is 0 Å². The molecule has 3 nitrogen and oxygen atoms in total. The van der Waals surface area contributed by atoms with E-state index < -0.39 is 0 Å². The molecule has 2 aliphatic rings. The molecule has 2 fully saturated rings. The highest BCUT2D eigenvalue weighted by Gasteiger charge is 2.37. The number of halogens is 1. The number of nitrogens with zero attached hydrogens (tertiary/aromatic N) is 3. The lowest BCUT2D eigenvalue weighted by atomic mass is 9.77. The van der Waals surface area contributed by atoms with E-state index in [1.807, 2.05) is 6.20 Å². The van der Waals surface area contributed by atoms with Gasteiger partial charge in [0, 0.05) is 18.0 Å². The van der Waals surface area contributed by atoms with E-state index in [1.54, 1.807) is 18.3 Å². The predicted octanol–water partition coefficient (Wildman–Crippen LogP) is 5.67. The van der Waals surface area contributed by atoms with Gasteiger partial charge in [0.25, 0.3) is 0 Å². The van der Waals surface area contributed by atoms with Crippen molar-refractivity contribution in [3.05, 3.63) is 47.9 Å². The Hall–Kier alpha value is -1.62. The van der Waals surface area contributed by atoms with Gasteiger partial charge >= 0.3 is 0 Å². The van der Waals surface area contributed by atoms with Crippen LogP contribution >= 0.6 is 11.8 Å². The minimum Gasteiger partial charge on any atom is -0.355 e. The topological polar surface area (TPSA) is 29.0 Å². The van der Waals surface area contributed by atoms with Crippen LogP contribution < -0.4 is 4.90 Å². The highest BCUT2D eigenvalue weighted by Crippen LogP contribution is 2.46. The van der Waals surface area contributed by atoms with Crippen molar-refractivity contribution in [2.75, 3.05) is 18.0 Å². The molecule has 1 spiro atoms. The molecule has 0 N–H and O–H groups in total. The fraction of sp³-hybridized carbons (Fsp3) is 0.500. The van der Waals surface area contributed by atoms with E-state index in [1.165, 1.54) is 63.3 Å². The van der Waals surface area contributed by atoms with Gasteiger partial charge in [-0.1, -0.05) is 37.3 Å². The van der Waals surface area contributed by atoms with Crippen LogP contribution in [-0.2, 0) is 0 Å². The number of hydrogen-bond donors (Lipinski definition) is 0. The summed E-state index contributed by atoms with van der Waals surface area (Å²) in [5.41, 5.74) is 0.612. The molecule has 0 amide bonds. The first-order valence-corrected chi connectivity index (χ1v) is 9.83. The maximum atomic E-state index is 13.1.